The van der Waals surface area contributed by atoms with Crippen LogP contribution in [0.1, 0.15) is 53.0 Å². The van der Waals surface area contributed by atoms with Crippen molar-refractivity contribution in [2.75, 3.05) is 26.2 Å². The topological polar surface area (TPSA) is 49.9 Å². The molecule has 2 heterocycles. The van der Waals surface area contributed by atoms with Crippen molar-refractivity contribution in [1.29, 1.82) is 0 Å². The highest BCUT2D eigenvalue weighted by Gasteiger charge is 2.34. The summed E-state index contributed by atoms with van der Waals surface area (Å²) in [7, 11) is 0. The lowest BCUT2D eigenvalue weighted by Crippen LogP contribution is -2.50. The molecular weight excluding hydrogens is 376 g/mol. The molecule has 2 fully saturated rings. The van der Waals surface area contributed by atoms with Crippen LogP contribution < -0.4 is 0 Å². The highest BCUT2D eigenvalue weighted by Crippen LogP contribution is 2.37. The number of likely N-dealkylation sites (tertiary alicyclic amines) is 1. The Morgan fingerprint density at radius 1 is 1.00 bits per heavy atom. The smallest absolute Gasteiger partial charge is 0.254 e. The van der Waals surface area contributed by atoms with E-state index in [2.05, 4.69) is 18.7 Å². The van der Waals surface area contributed by atoms with E-state index >= 15 is 0 Å². The van der Waals surface area contributed by atoms with Crippen molar-refractivity contribution >= 4 is 11.7 Å². The molecule has 2 aromatic carbocycles. The Kier molecular flexibility index (Phi) is 4.95. The molecule has 30 heavy (non-hydrogen) atoms. The largest absolute Gasteiger partial charge is 0.373 e. The van der Waals surface area contributed by atoms with Gasteiger partial charge in [-0.25, -0.2) is 0 Å². The van der Waals surface area contributed by atoms with E-state index in [4.69, 9.17) is 4.74 Å². The minimum absolute atomic E-state index is 0.0181. The summed E-state index contributed by atoms with van der Waals surface area (Å²) in [6.07, 6.45) is 2.51. The van der Waals surface area contributed by atoms with Gasteiger partial charge in [0.2, 0.25) is 0 Å². The summed E-state index contributed by atoms with van der Waals surface area (Å²) >= 11 is 0. The van der Waals surface area contributed by atoms with Crippen LogP contribution in [0.5, 0.6) is 0 Å². The molecule has 5 nitrogen and oxygen atoms in total. The first-order valence-electron chi connectivity index (χ1n) is 11.0. The second kappa shape index (κ2) is 7.64. The van der Waals surface area contributed by atoms with E-state index in [1.54, 1.807) is 6.07 Å². The van der Waals surface area contributed by atoms with Crippen LogP contribution in [0.2, 0.25) is 0 Å². The Labute approximate surface area is 177 Å². The van der Waals surface area contributed by atoms with Crippen LogP contribution in [0.3, 0.4) is 0 Å². The number of morpholine rings is 1. The number of ether oxygens (including phenoxy) is 1. The monoisotopic (exact) mass is 404 g/mol. The summed E-state index contributed by atoms with van der Waals surface area (Å²) in [4.78, 5) is 30.6. The Balaban J connectivity index is 1.35. The third kappa shape index (κ3) is 3.36. The third-order valence-corrected chi connectivity index (χ3v) is 6.58. The number of ketones is 1. The van der Waals surface area contributed by atoms with Gasteiger partial charge >= 0.3 is 0 Å². The molecule has 156 valence electrons. The molecule has 2 saturated heterocycles. The van der Waals surface area contributed by atoms with Gasteiger partial charge in [-0.05, 0) is 49.9 Å². The van der Waals surface area contributed by atoms with Gasteiger partial charge in [-0.3, -0.25) is 14.5 Å². The zero-order valence-electron chi connectivity index (χ0n) is 17.6. The maximum absolute atomic E-state index is 13.4. The number of hydrogen-bond acceptors (Lipinski definition) is 4. The van der Waals surface area contributed by atoms with Crippen molar-refractivity contribution in [2.24, 2.45) is 0 Å². The van der Waals surface area contributed by atoms with Crippen LogP contribution in [0.25, 0.3) is 11.1 Å². The van der Waals surface area contributed by atoms with Gasteiger partial charge < -0.3 is 9.64 Å². The molecule has 3 unspecified atom stereocenters. The highest BCUT2D eigenvalue weighted by atomic mass is 16.5. The summed E-state index contributed by atoms with van der Waals surface area (Å²) < 4.78 is 5.85. The molecule has 0 radical (unpaired) electrons. The second-order valence-corrected chi connectivity index (χ2v) is 8.91. The van der Waals surface area contributed by atoms with Gasteiger partial charge in [0, 0.05) is 48.9 Å². The number of carbonyl (C=O) groups excluding carboxylic acids is 2. The average molecular weight is 405 g/mol. The predicted octanol–water partition coefficient (Wildman–Crippen LogP) is 3.61. The van der Waals surface area contributed by atoms with E-state index in [0.29, 0.717) is 11.1 Å². The Hall–Kier alpha value is -2.50. The fraction of sp³-hybridized carbons (Fsp3) is 0.440. The lowest BCUT2D eigenvalue weighted by molar-refractivity contribution is -0.0715. The molecule has 2 aromatic rings. The van der Waals surface area contributed by atoms with Crippen LogP contribution in [-0.2, 0) is 4.74 Å². The quantitative estimate of drug-likeness (QED) is 0.669. The van der Waals surface area contributed by atoms with Crippen LogP contribution in [0.15, 0.2) is 42.5 Å². The Bertz CT molecular complexity index is 992. The van der Waals surface area contributed by atoms with Gasteiger partial charge in [0.25, 0.3) is 5.91 Å². The molecule has 2 aliphatic heterocycles. The minimum Gasteiger partial charge on any atom is -0.373 e. The number of amides is 1. The highest BCUT2D eigenvalue weighted by molar-refractivity contribution is 6.22. The normalized spacial score (nSPS) is 26.0. The van der Waals surface area contributed by atoms with Gasteiger partial charge in [0.1, 0.15) is 0 Å². The first-order valence-corrected chi connectivity index (χ1v) is 11.0. The van der Waals surface area contributed by atoms with Crippen molar-refractivity contribution in [1.82, 2.24) is 9.80 Å². The van der Waals surface area contributed by atoms with E-state index in [0.717, 1.165) is 55.7 Å². The second-order valence-electron chi connectivity index (χ2n) is 8.91. The molecular formula is C25H28N2O3. The van der Waals surface area contributed by atoms with E-state index in [1.165, 1.54) is 0 Å². The number of benzene rings is 2. The molecule has 5 rings (SSSR count). The van der Waals surface area contributed by atoms with Crippen molar-refractivity contribution in [3.8, 4) is 11.1 Å². The molecule has 3 atom stereocenters. The van der Waals surface area contributed by atoms with Gasteiger partial charge in [-0.15, -0.1) is 0 Å². The summed E-state index contributed by atoms with van der Waals surface area (Å²) in [5.74, 6) is 0.0583. The van der Waals surface area contributed by atoms with E-state index in [1.807, 2.05) is 41.3 Å². The number of nitrogens with zero attached hydrogens (tertiary/aromatic N) is 2. The Morgan fingerprint density at radius 3 is 2.47 bits per heavy atom. The van der Waals surface area contributed by atoms with Crippen LogP contribution in [0, 0.1) is 0 Å². The van der Waals surface area contributed by atoms with Crippen LogP contribution in [-0.4, -0.2) is 65.9 Å². The maximum atomic E-state index is 13.4. The molecule has 0 bridgehead atoms. The van der Waals surface area contributed by atoms with Crippen molar-refractivity contribution in [3.05, 3.63) is 59.2 Å². The summed E-state index contributed by atoms with van der Waals surface area (Å²) in [5, 5.41) is 0. The van der Waals surface area contributed by atoms with Gasteiger partial charge in [-0.2, -0.15) is 0 Å². The standard InChI is InChI=1S/C25H28N2O3/c1-16-13-26(14-17(2)30-16)15-19-6-5-11-27(19)25(29)18-9-10-21-20-7-3-4-8-22(20)24(28)23(21)12-18/h3-4,7-10,12,16-17,19H,5-6,11,13-15H2,1-2H3. The maximum Gasteiger partial charge on any atom is 0.254 e. The fourth-order valence-electron chi connectivity index (χ4n) is 5.35. The number of fused-ring (bicyclic) bond motifs is 3. The lowest BCUT2D eigenvalue weighted by atomic mass is 10.0. The minimum atomic E-state index is 0.0181. The summed E-state index contributed by atoms with van der Waals surface area (Å²) in [6.45, 7) is 7.71. The van der Waals surface area contributed by atoms with E-state index in [-0.39, 0.29) is 29.9 Å². The SMILES string of the molecule is CC1CN(CC2CCCN2C(=O)c2ccc3c(c2)C(=O)c2ccccc2-3)CC(C)O1. The van der Waals surface area contributed by atoms with Gasteiger partial charge in [-0.1, -0.05) is 30.3 Å². The number of rotatable bonds is 3. The zero-order chi connectivity index (χ0) is 20.8. The van der Waals surface area contributed by atoms with Crippen molar-refractivity contribution in [2.45, 2.75) is 44.9 Å². The van der Waals surface area contributed by atoms with Gasteiger partial charge in [0.05, 0.1) is 12.2 Å². The first-order chi connectivity index (χ1) is 14.5. The molecule has 5 heteroatoms. The molecule has 0 saturated carbocycles. The lowest BCUT2D eigenvalue weighted by Gasteiger charge is -2.38. The summed E-state index contributed by atoms with van der Waals surface area (Å²) in [6, 6.07) is 13.5. The molecule has 0 spiro atoms. The van der Waals surface area contributed by atoms with Crippen molar-refractivity contribution < 1.29 is 14.3 Å². The van der Waals surface area contributed by atoms with E-state index < -0.39 is 0 Å². The number of hydrogen-bond donors (Lipinski definition) is 0. The first kappa shape index (κ1) is 19.5. The molecule has 1 aliphatic carbocycles. The molecule has 1 amide bonds. The summed E-state index contributed by atoms with van der Waals surface area (Å²) in [5.41, 5.74) is 3.89. The Morgan fingerprint density at radius 2 is 1.70 bits per heavy atom. The average Bonchev–Trinajstić information content (AvgIpc) is 3.30. The predicted molar refractivity (Wildman–Crippen MR) is 116 cm³/mol. The number of carbonyl (C=O) groups is 2. The third-order valence-electron chi connectivity index (χ3n) is 6.58. The molecule has 3 aliphatic rings. The van der Waals surface area contributed by atoms with Crippen LogP contribution >= 0.6 is 0 Å². The fourth-order valence-corrected chi connectivity index (χ4v) is 5.35. The molecule has 0 N–H and O–H groups in total. The van der Waals surface area contributed by atoms with E-state index in [9.17, 15) is 9.59 Å². The van der Waals surface area contributed by atoms with Crippen molar-refractivity contribution in [3.63, 3.8) is 0 Å². The van der Waals surface area contributed by atoms with Gasteiger partial charge in [0.15, 0.2) is 5.78 Å². The zero-order valence-corrected chi connectivity index (χ0v) is 17.6. The molecule has 0 aromatic heterocycles. The van der Waals surface area contributed by atoms with Crippen LogP contribution in [0.4, 0.5) is 0 Å².